The molecular weight excluding hydrogens is 304 g/mol. The van der Waals surface area contributed by atoms with E-state index in [1.165, 1.54) is 6.92 Å². The zero-order valence-electron chi connectivity index (χ0n) is 11.9. The zero-order chi connectivity index (χ0) is 16.7. The summed E-state index contributed by atoms with van der Waals surface area (Å²) in [4.78, 5) is 0. The lowest BCUT2D eigenvalue weighted by Gasteiger charge is -2.42. The molecular formula is C12H22O10. The fourth-order valence-electron chi connectivity index (χ4n) is 2.58. The summed E-state index contributed by atoms with van der Waals surface area (Å²) in [6.45, 7) is -0.102. The third-order valence-corrected chi connectivity index (χ3v) is 4.03. The van der Waals surface area contributed by atoms with Crippen molar-refractivity contribution >= 4 is 0 Å². The highest BCUT2D eigenvalue weighted by Gasteiger charge is 2.58. The highest BCUT2D eigenvalue weighted by atomic mass is 16.8. The first-order valence-electron chi connectivity index (χ1n) is 6.90. The van der Waals surface area contributed by atoms with Crippen molar-refractivity contribution in [3.05, 3.63) is 0 Å². The van der Waals surface area contributed by atoms with Crippen LogP contribution >= 0.6 is 0 Å². The Morgan fingerprint density at radius 2 is 1.59 bits per heavy atom. The average Bonchev–Trinajstić information content (AvgIpc) is 2.75. The Bertz CT molecular complexity index is 381. The van der Waals surface area contributed by atoms with Crippen molar-refractivity contribution in [2.45, 2.75) is 61.7 Å². The number of hydrogen-bond donors (Lipinski definition) is 7. The molecule has 10 nitrogen and oxygen atoms in total. The predicted molar refractivity (Wildman–Crippen MR) is 67.2 cm³/mol. The molecule has 2 rings (SSSR count). The van der Waals surface area contributed by atoms with E-state index in [1.807, 2.05) is 0 Å². The molecule has 0 bridgehead atoms. The molecule has 0 aromatic rings. The van der Waals surface area contributed by atoms with Crippen molar-refractivity contribution < 1.29 is 50.0 Å². The van der Waals surface area contributed by atoms with Gasteiger partial charge in [0.2, 0.25) is 5.79 Å². The largest absolute Gasteiger partial charge is 0.394 e. The molecule has 2 aliphatic heterocycles. The van der Waals surface area contributed by atoms with Crippen LogP contribution in [-0.2, 0) is 14.2 Å². The molecule has 2 aliphatic rings. The highest BCUT2D eigenvalue weighted by molar-refractivity contribution is 4.98. The van der Waals surface area contributed by atoms with Gasteiger partial charge in [0.05, 0.1) is 12.7 Å². The highest BCUT2D eigenvalue weighted by Crippen LogP contribution is 2.35. The molecule has 0 spiro atoms. The summed E-state index contributed by atoms with van der Waals surface area (Å²) < 4.78 is 15.6. The normalized spacial score (nSPS) is 52.9. The molecule has 0 aromatic heterocycles. The van der Waals surface area contributed by atoms with Crippen molar-refractivity contribution in [2.24, 2.45) is 0 Å². The van der Waals surface area contributed by atoms with Gasteiger partial charge in [0.25, 0.3) is 0 Å². The van der Waals surface area contributed by atoms with Crippen molar-refractivity contribution in [1.82, 2.24) is 0 Å². The lowest BCUT2D eigenvalue weighted by Crippen LogP contribution is -2.61. The van der Waals surface area contributed by atoms with E-state index in [-0.39, 0.29) is 0 Å². The SMILES string of the molecule is CC1O[C@@H](O[C@]2(CO)O[C@@H](CO)C(O)[C@H]2O)C(O)[C@H](O)[C@H]1O. The van der Waals surface area contributed by atoms with Crippen molar-refractivity contribution in [3.63, 3.8) is 0 Å². The van der Waals surface area contributed by atoms with Crippen LogP contribution in [0.1, 0.15) is 6.92 Å². The van der Waals surface area contributed by atoms with Crippen LogP contribution in [0.25, 0.3) is 0 Å². The third kappa shape index (κ3) is 2.87. The van der Waals surface area contributed by atoms with Crippen molar-refractivity contribution in [3.8, 4) is 0 Å². The van der Waals surface area contributed by atoms with Gasteiger partial charge in [-0.3, -0.25) is 0 Å². The first-order chi connectivity index (χ1) is 10.3. The van der Waals surface area contributed by atoms with Crippen LogP contribution in [0.2, 0.25) is 0 Å². The molecule has 0 radical (unpaired) electrons. The summed E-state index contributed by atoms with van der Waals surface area (Å²) in [6, 6.07) is 0. The fourth-order valence-corrected chi connectivity index (χ4v) is 2.58. The Kier molecular flexibility index (Phi) is 5.39. The number of hydrogen-bond acceptors (Lipinski definition) is 10. The second-order valence-corrected chi connectivity index (χ2v) is 5.54. The Morgan fingerprint density at radius 1 is 0.955 bits per heavy atom. The molecule has 7 N–H and O–H groups in total. The van der Waals surface area contributed by atoms with Crippen LogP contribution < -0.4 is 0 Å². The minimum absolute atomic E-state index is 0.630. The van der Waals surface area contributed by atoms with E-state index in [2.05, 4.69) is 0 Å². The maximum atomic E-state index is 9.99. The van der Waals surface area contributed by atoms with Gasteiger partial charge in [-0.1, -0.05) is 0 Å². The molecule has 130 valence electrons. The van der Waals surface area contributed by atoms with Crippen LogP contribution in [0.3, 0.4) is 0 Å². The van der Waals surface area contributed by atoms with E-state index in [4.69, 9.17) is 19.3 Å². The minimum Gasteiger partial charge on any atom is -0.394 e. The molecule has 0 aliphatic carbocycles. The lowest BCUT2D eigenvalue weighted by atomic mass is 9.99. The van der Waals surface area contributed by atoms with E-state index in [9.17, 15) is 30.6 Å². The molecule has 9 atom stereocenters. The molecule has 0 aromatic carbocycles. The maximum Gasteiger partial charge on any atom is 0.224 e. The number of rotatable bonds is 4. The molecule has 2 fully saturated rings. The summed E-state index contributed by atoms with van der Waals surface area (Å²) in [5.74, 6) is -2.14. The van der Waals surface area contributed by atoms with Gasteiger partial charge in [0, 0.05) is 0 Å². The summed E-state index contributed by atoms with van der Waals surface area (Å²) in [7, 11) is 0. The Balaban J connectivity index is 2.16. The summed E-state index contributed by atoms with van der Waals surface area (Å²) >= 11 is 0. The topological polar surface area (TPSA) is 169 Å². The van der Waals surface area contributed by atoms with Crippen molar-refractivity contribution in [1.29, 1.82) is 0 Å². The molecule has 0 amide bonds. The lowest BCUT2D eigenvalue weighted by molar-refractivity contribution is -0.380. The van der Waals surface area contributed by atoms with Crippen molar-refractivity contribution in [2.75, 3.05) is 13.2 Å². The summed E-state index contributed by atoms with van der Waals surface area (Å²) in [5, 5.41) is 67.5. The molecule has 22 heavy (non-hydrogen) atoms. The standard InChI is InChI=1S/C12H22O10/c1-4-6(15)8(17)9(18)11(20-4)22-12(3-14)10(19)7(16)5(2-13)21-12/h4-11,13-19H,2-3H2,1H3/t4?,5-,6-,7?,8+,9?,10+,11-,12-/m0/s1. The van der Waals surface area contributed by atoms with Gasteiger partial charge in [-0.2, -0.15) is 0 Å². The zero-order valence-corrected chi connectivity index (χ0v) is 11.9. The monoisotopic (exact) mass is 326 g/mol. The van der Waals surface area contributed by atoms with Crippen LogP contribution in [0.4, 0.5) is 0 Å². The van der Waals surface area contributed by atoms with Crippen LogP contribution in [0, 0.1) is 0 Å². The number of ether oxygens (including phenoxy) is 3. The van der Waals surface area contributed by atoms with Gasteiger partial charge in [-0.25, -0.2) is 0 Å². The minimum atomic E-state index is -2.14. The smallest absolute Gasteiger partial charge is 0.224 e. The van der Waals surface area contributed by atoms with Crippen LogP contribution in [-0.4, -0.2) is 104 Å². The van der Waals surface area contributed by atoms with Gasteiger partial charge >= 0.3 is 0 Å². The van der Waals surface area contributed by atoms with Crippen LogP contribution in [0.15, 0.2) is 0 Å². The Labute approximate surface area is 126 Å². The molecule has 2 heterocycles. The quantitative estimate of drug-likeness (QED) is 0.268. The average molecular weight is 326 g/mol. The van der Waals surface area contributed by atoms with E-state index in [0.29, 0.717) is 0 Å². The van der Waals surface area contributed by atoms with E-state index in [1.54, 1.807) is 0 Å². The molecule has 0 saturated carbocycles. The molecule has 10 heteroatoms. The first kappa shape index (κ1) is 17.9. The van der Waals surface area contributed by atoms with Gasteiger partial charge < -0.3 is 50.0 Å². The van der Waals surface area contributed by atoms with E-state index < -0.39 is 68.0 Å². The maximum absolute atomic E-state index is 9.99. The Morgan fingerprint density at radius 3 is 2.09 bits per heavy atom. The second kappa shape index (κ2) is 6.61. The number of aliphatic hydroxyl groups is 7. The molecule has 3 unspecified atom stereocenters. The first-order valence-corrected chi connectivity index (χ1v) is 6.90. The third-order valence-electron chi connectivity index (χ3n) is 4.03. The van der Waals surface area contributed by atoms with E-state index in [0.717, 1.165) is 0 Å². The number of aliphatic hydroxyl groups excluding tert-OH is 7. The van der Waals surface area contributed by atoms with Gasteiger partial charge in [0.15, 0.2) is 6.29 Å². The summed E-state index contributed by atoms with van der Waals surface area (Å²) in [5.41, 5.74) is 0. The molecule has 2 saturated heterocycles. The predicted octanol–water partition coefficient (Wildman–Crippen LogP) is -4.37. The Hall–Kier alpha value is -0.400. The van der Waals surface area contributed by atoms with Crippen LogP contribution in [0.5, 0.6) is 0 Å². The van der Waals surface area contributed by atoms with Gasteiger partial charge in [0.1, 0.15) is 43.2 Å². The van der Waals surface area contributed by atoms with Gasteiger partial charge in [-0.05, 0) is 6.92 Å². The van der Waals surface area contributed by atoms with Gasteiger partial charge in [-0.15, -0.1) is 0 Å². The fraction of sp³-hybridized carbons (Fsp3) is 1.00. The van der Waals surface area contributed by atoms with E-state index >= 15 is 0 Å². The second-order valence-electron chi connectivity index (χ2n) is 5.54. The summed E-state index contributed by atoms with van der Waals surface area (Å²) in [6.07, 6.45) is -11.4.